The van der Waals surface area contributed by atoms with Gasteiger partial charge in [0.15, 0.2) is 5.78 Å². The topological polar surface area (TPSA) is 96.0 Å². The Kier molecular flexibility index (Phi) is 6.92. The van der Waals surface area contributed by atoms with Crippen molar-refractivity contribution < 1.29 is 9.53 Å². The number of H-pyrrole nitrogens is 1. The maximum Gasteiger partial charge on any atom is 0.227 e. The van der Waals surface area contributed by atoms with Crippen LogP contribution < -0.4 is 5.32 Å². The molecule has 2 fully saturated rings. The molecule has 0 radical (unpaired) electrons. The Morgan fingerprint density at radius 3 is 2.65 bits per heavy atom. The van der Waals surface area contributed by atoms with Gasteiger partial charge in [0.05, 0.1) is 30.3 Å². The van der Waals surface area contributed by atoms with Gasteiger partial charge in [0.1, 0.15) is 0 Å². The van der Waals surface area contributed by atoms with Crippen molar-refractivity contribution in [2.24, 2.45) is 5.92 Å². The molecule has 1 aliphatic heterocycles. The summed E-state index contributed by atoms with van der Waals surface area (Å²) in [4.78, 5) is 32.3. The number of nitrogens with zero attached hydrogens (tertiary/aromatic N) is 4. The molecule has 4 heterocycles. The van der Waals surface area contributed by atoms with Crippen molar-refractivity contribution in [2.45, 2.75) is 38.1 Å². The van der Waals surface area contributed by atoms with Gasteiger partial charge in [-0.2, -0.15) is 0 Å². The molecule has 1 aromatic carbocycles. The number of nitrogens with one attached hydrogen (secondary N) is 2. The number of benzene rings is 1. The highest BCUT2D eigenvalue weighted by molar-refractivity contribution is 6.00. The van der Waals surface area contributed by atoms with Gasteiger partial charge < -0.3 is 15.0 Å². The van der Waals surface area contributed by atoms with Gasteiger partial charge in [-0.05, 0) is 74.1 Å². The minimum atomic E-state index is 0.201. The summed E-state index contributed by atoms with van der Waals surface area (Å²) in [6.07, 6.45) is 8.70. The van der Waals surface area contributed by atoms with E-state index < -0.39 is 0 Å². The predicted molar refractivity (Wildman–Crippen MR) is 144 cm³/mol. The van der Waals surface area contributed by atoms with Crippen molar-refractivity contribution in [3.05, 3.63) is 66.6 Å². The van der Waals surface area contributed by atoms with E-state index in [0.29, 0.717) is 30.0 Å². The molecule has 8 nitrogen and oxygen atoms in total. The van der Waals surface area contributed by atoms with Crippen molar-refractivity contribution in [1.29, 1.82) is 0 Å². The highest BCUT2D eigenvalue weighted by Crippen LogP contribution is 2.31. The van der Waals surface area contributed by atoms with Gasteiger partial charge >= 0.3 is 0 Å². The summed E-state index contributed by atoms with van der Waals surface area (Å²) in [7, 11) is 0. The summed E-state index contributed by atoms with van der Waals surface area (Å²) in [6.45, 7) is 3.78. The summed E-state index contributed by atoms with van der Waals surface area (Å²) in [5.74, 6) is 1.17. The Labute approximate surface area is 216 Å². The van der Waals surface area contributed by atoms with Crippen LogP contribution in [0.15, 0.2) is 60.9 Å². The summed E-state index contributed by atoms with van der Waals surface area (Å²) in [5.41, 5.74) is 4.06. The number of ether oxygens (including phenoxy) is 1. The van der Waals surface area contributed by atoms with Crippen LogP contribution >= 0.6 is 0 Å². The van der Waals surface area contributed by atoms with Crippen molar-refractivity contribution in [2.75, 3.05) is 31.6 Å². The van der Waals surface area contributed by atoms with E-state index in [0.717, 1.165) is 67.1 Å². The van der Waals surface area contributed by atoms with E-state index in [2.05, 4.69) is 30.2 Å². The normalized spacial score (nSPS) is 20.6. The second kappa shape index (κ2) is 10.8. The third-order valence-corrected chi connectivity index (χ3v) is 7.61. The smallest absolute Gasteiger partial charge is 0.227 e. The van der Waals surface area contributed by atoms with E-state index in [1.807, 2.05) is 48.5 Å². The Morgan fingerprint density at radius 2 is 1.84 bits per heavy atom. The molecular weight excluding hydrogens is 464 g/mol. The quantitative estimate of drug-likeness (QED) is 0.338. The standard InChI is InChI=1S/C29H32N6O2/c36-28(17-20-4-7-23(8-5-20)35-13-15-37-16-14-35)27-19-21-18-22(6-9-24(21)33-27)32-29-31-12-10-26(34-29)25-3-1-2-11-30-25/h1-3,6,9-12,18-20,23,33H,4-5,7-8,13-17H2,(H,31,32,34). The fraction of sp³-hybridized carbons (Fsp3) is 0.379. The zero-order valence-corrected chi connectivity index (χ0v) is 20.9. The van der Waals surface area contributed by atoms with Gasteiger partial charge in [0, 0.05) is 54.5 Å². The molecule has 0 atom stereocenters. The SMILES string of the molecule is O=C(CC1CCC(N2CCOCC2)CC1)c1cc2cc(Nc3nccc(-c4ccccn4)n3)ccc2[nH]1. The highest BCUT2D eigenvalue weighted by Gasteiger charge is 2.28. The summed E-state index contributed by atoms with van der Waals surface area (Å²) in [6, 6.07) is 16.2. The average Bonchev–Trinajstić information content (AvgIpc) is 3.38. The third-order valence-electron chi connectivity index (χ3n) is 7.61. The van der Waals surface area contributed by atoms with Crippen LogP contribution in [-0.2, 0) is 4.74 Å². The fourth-order valence-corrected chi connectivity index (χ4v) is 5.59. The molecule has 2 aliphatic rings. The number of anilines is 2. The second-order valence-corrected chi connectivity index (χ2v) is 10.0. The van der Waals surface area contributed by atoms with Gasteiger partial charge in [0.2, 0.25) is 5.95 Å². The molecule has 8 heteroatoms. The van der Waals surface area contributed by atoms with Crippen LogP contribution in [0.4, 0.5) is 11.6 Å². The van der Waals surface area contributed by atoms with E-state index in [9.17, 15) is 4.79 Å². The third kappa shape index (κ3) is 5.55. The molecule has 0 bridgehead atoms. The number of hydrogen-bond donors (Lipinski definition) is 2. The molecule has 1 aliphatic carbocycles. The number of hydrogen-bond acceptors (Lipinski definition) is 7. The van der Waals surface area contributed by atoms with Crippen LogP contribution in [0.25, 0.3) is 22.3 Å². The zero-order valence-electron chi connectivity index (χ0n) is 20.9. The number of Topliss-reactive ketones (excluding diaryl/α,β-unsaturated/α-hetero) is 1. The largest absolute Gasteiger partial charge is 0.379 e. The van der Waals surface area contributed by atoms with Crippen LogP contribution in [0.3, 0.4) is 0 Å². The Bertz CT molecular complexity index is 1360. The van der Waals surface area contributed by atoms with Crippen LogP contribution in [0.5, 0.6) is 0 Å². The van der Waals surface area contributed by atoms with Gasteiger partial charge in [-0.15, -0.1) is 0 Å². The molecule has 4 aromatic rings. The highest BCUT2D eigenvalue weighted by atomic mass is 16.5. The fourth-order valence-electron chi connectivity index (χ4n) is 5.59. The number of fused-ring (bicyclic) bond motifs is 1. The number of aromatic amines is 1. The first-order chi connectivity index (χ1) is 18.2. The molecular formula is C29H32N6O2. The number of pyridine rings is 1. The maximum absolute atomic E-state index is 13.1. The van der Waals surface area contributed by atoms with Crippen molar-refractivity contribution in [1.82, 2.24) is 24.8 Å². The minimum absolute atomic E-state index is 0.201. The van der Waals surface area contributed by atoms with Crippen molar-refractivity contribution >= 4 is 28.3 Å². The molecule has 190 valence electrons. The maximum atomic E-state index is 13.1. The number of aromatic nitrogens is 4. The Morgan fingerprint density at radius 1 is 0.973 bits per heavy atom. The number of carbonyl (C=O) groups excluding carboxylic acids is 1. The lowest BCUT2D eigenvalue weighted by Crippen LogP contribution is -2.45. The summed E-state index contributed by atoms with van der Waals surface area (Å²) in [5, 5.41) is 4.27. The average molecular weight is 497 g/mol. The van der Waals surface area contributed by atoms with E-state index in [4.69, 9.17) is 4.74 Å². The lowest BCUT2D eigenvalue weighted by Gasteiger charge is -2.38. The molecule has 0 amide bonds. The Hall–Kier alpha value is -3.62. The molecule has 6 rings (SSSR count). The van der Waals surface area contributed by atoms with Crippen molar-refractivity contribution in [3.63, 3.8) is 0 Å². The molecule has 1 saturated carbocycles. The monoisotopic (exact) mass is 496 g/mol. The first-order valence-corrected chi connectivity index (χ1v) is 13.2. The van der Waals surface area contributed by atoms with Gasteiger partial charge in [-0.1, -0.05) is 6.07 Å². The molecule has 3 aromatic heterocycles. The van der Waals surface area contributed by atoms with E-state index in [1.165, 1.54) is 12.8 Å². The van der Waals surface area contributed by atoms with Crippen LogP contribution in [0.1, 0.15) is 42.6 Å². The molecule has 37 heavy (non-hydrogen) atoms. The lowest BCUT2D eigenvalue weighted by atomic mass is 9.82. The van der Waals surface area contributed by atoms with E-state index in [1.54, 1.807) is 12.4 Å². The molecule has 2 N–H and O–H groups in total. The minimum Gasteiger partial charge on any atom is -0.379 e. The molecule has 0 spiro atoms. The zero-order chi connectivity index (χ0) is 25.0. The van der Waals surface area contributed by atoms with Gasteiger partial charge in [-0.3, -0.25) is 14.7 Å². The second-order valence-electron chi connectivity index (χ2n) is 10.0. The summed E-state index contributed by atoms with van der Waals surface area (Å²) < 4.78 is 5.49. The first kappa shape index (κ1) is 23.8. The van der Waals surface area contributed by atoms with E-state index >= 15 is 0 Å². The van der Waals surface area contributed by atoms with Crippen LogP contribution in [0.2, 0.25) is 0 Å². The van der Waals surface area contributed by atoms with Gasteiger partial charge in [0.25, 0.3) is 0 Å². The lowest BCUT2D eigenvalue weighted by molar-refractivity contribution is 0.00478. The van der Waals surface area contributed by atoms with Crippen LogP contribution in [-0.4, -0.2) is 63.0 Å². The van der Waals surface area contributed by atoms with Crippen molar-refractivity contribution in [3.8, 4) is 11.4 Å². The first-order valence-electron chi connectivity index (χ1n) is 13.2. The number of carbonyl (C=O) groups is 1. The summed E-state index contributed by atoms with van der Waals surface area (Å²) >= 11 is 0. The number of ketones is 1. The predicted octanol–water partition coefficient (Wildman–Crippen LogP) is 5.23. The van der Waals surface area contributed by atoms with Gasteiger partial charge in [-0.25, -0.2) is 9.97 Å². The Balaban J connectivity index is 1.09. The van der Waals surface area contributed by atoms with E-state index in [-0.39, 0.29) is 5.78 Å². The number of rotatable bonds is 7. The number of morpholine rings is 1. The molecule has 1 saturated heterocycles. The molecule has 0 unspecified atom stereocenters. The van der Waals surface area contributed by atoms with Crippen LogP contribution in [0, 0.1) is 5.92 Å².